The fourth-order valence-corrected chi connectivity index (χ4v) is 5.24. The molecule has 1 N–H and O–H groups in total. The summed E-state index contributed by atoms with van der Waals surface area (Å²) in [6.07, 6.45) is 7.94. The third kappa shape index (κ3) is 3.22. The molecule has 0 atom stereocenters. The van der Waals surface area contributed by atoms with Crippen molar-refractivity contribution in [1.82, 2.24) is 0 Å². The van der Waals surface area contributed by atoms with Crippen LogP contribution in [0.25, 0.3) is 0 Å². The van der Waals surface area contributed by atoms with Gasteiger partial charge in [-0.3, -0.25) is 0 Å². The molecule has 4 rings (SSSR count). The van der Waals surface area contributed by atoms with Crippen LogP contribution in [0.15, 0.2) is 42.5 Å². The fourth-order valence-electron chi connectivity index (χ4n) is 5.24. The maximum Gasteiger partial charge on any atom is 0.335 e. The lowest BCUT2D eigenvalue weighted by molar-refractivity contribution is 0.0666. The number of carbonyl (C=O) groups is 1. The quantitative estimate of drug-likeness (QED) is 0.701. The van der Waals surface area contributed by atoms with E-state index < -0.39 is 11.8 Å². The Morgan fingerprint density at radius 2 is 1.63 bits per heavy atom. The second-order valence-corrected chi connectivity index (χ2v) is 8.12. The van der Waals surface area contributed by atoms with Crippen LogP contribution in [-0.2, 0) is 5.41 Å². The van der Waals surface area contributed by atoms with Crippen molar-refractivity contribution < 1.29 is 19.0 Å². The summed E-state index contributed by atoms with van der Waals surface area (Å²) in [5.41, 5.74) is 1.49. The molecular weight excluding hydrogens is 343 g/mol. The van der Waals surface area contributed by atoms with Gasteiger partial charge in [0, 0.05) is 0 Å². The Balaban J connectivity index is 1.55. The van der Waals surface area contributed by atoms with E-state index in [1.807, 2.05) is 12.1 Å². The van der Waals surface area contributed by atoms with Gasteiger partial charge in [-0.1, -0.05) is 31.9 Å². The summed E-state index contributed by atoms with van der Waals surface area (Å²) in [7, 11) is 0. The van der Waals surface area contributed by atoms with Crippen LogP contribution in [0.1, 0.15) is 61.4 Å². The predicted octanol–water partition coefficient (Wildman–Crippen LogP) is 6.17. The number of benzene rings is 2. The molecule has 0 aliphatic heterocycles. The van der Waals surface area contributed by atoms with Crippen LogP contribution >= 0.6 is 0 Å². The molecule has 4 heteroatoms. The minimum atomic E-state index is -1.16. The molecule has 27 heavy (non-hydrogen) atoms. The first kappa shape index (κ1) is 18.0. The highest BCUT2D eigenvalue weighted by Crippen LogP contribution is 2.54. The Kier molecular flexibility index (Phi) is 4.67. The minimum Gasteiger partial charge on any atom is -0.478 e. The summed E-state index contributed by atoms with van der Waals surface area (Å²) in [6, 6.07) is 11.7. The number of aromatic carboxylic acids is 1. The van der Waals surface area contributed by atoms with Gasteiger partial charge in [-0.05, 0) is 78.8 Å². The monoisotopic (exact) mass is 368 g/mol. The smallest absolute Gasteiger partial charge is 0.335 e. The highest BCUT2D eigenvalue weighted by Gasteiger charge is 2.46. The van der Waals surface area contributed by atoms with E-state index in [1.165, 1.54) is 56.2 Å². The van der Waals surface area contributed by atoms with Gasteiger partial charge in [0.25, 0.3) is 0 Å². The standard InChI is InChI=1S/C23H25FO3/c1-23(16-4-2-5-17(23)7-3-6-16)18-9-11-19(12-10-18)27-21-13-8-15(22(25)26)14-20(21)24/h8-14,16-17H,2-7H2,1H3,(H,25,26). The topological polar surface area (TPSA) is 46.5 Å². The zero-order valence-corrected chi connectivity index (χ0v) is 15.6. The second kappa shape index (κ2) is 6.99. The SMILES string of the molecule is CC1(c2ccc(Oc3ccc(C(=O)O)cc3F)cc2)C2CCCC1CCC2. The van der Waals surface area contributed by atoms with Gasteiger partial charge < -0.3 is 9.84 Å². The minimum absolute atomic E-state index is 0.0356. The Bertz CT molecular complexity index is 821. The van der Waals surface area contributed by atoms with E-state index >= 15 is 0 Å². The van der Waals surface area contributed by atoms with Crippen molar-refractivity contribution in [3.8, 4) is 11.5 Å². The first-order valence-electron chi connectivity index (χ1n) is 9.79. The van der Waals surface area contributed by atoms with Crippen LogP contribution in [0.5, 0.6) is 11.5 Å². The fraction of sp³-hybridized carbons (Fsp3) is 0.435. The maximum atomic E-state index is 14.1. The number of carboxylic acid groups (broad SMARTS) is 1. The largest absolute Gasteiger partial charge is 0.478 e. The summed E-state index contributed by atoms with van der Waals surface area (Å²) in [5, 5.41) is 8.93. The van der Waals surface area contributed by atoms with Gasteiger partial charge in [-0.2, -0.15) is 0 Å². The second-order valence-electron chi connectivity index (χ2n) is 8.12. The van der Waals surface area contributed by atoms with Gasteiger partial charge in [-0.25, -0.2) is 9.18 Å². The molecule has 2 saturated carbocycles. The Hall–Kier alpha value is -2.36. The van der Waals surface area contributed by atoms with Gasteiger partial charge in [0.15, 0.2) is 11.6 Å². The zero-order chi connectivity index (χ0) is 19.0. The van der Waals surface area contributed by atoms with E-state index in [4.69, 9.17) is 9.84 Å². The van der Waals surface area contributed by atoms with E-state index in [0.29, 0.717) is 5.75 Å². The molecular formula is C23H25FO3. The van der Waals surface area contributed by atoms with Crippen molar-refractivity contribution in [1.29, 1.82) is 0 Å². The summed E-state index contributed by atoms with van der Waals surface area (Å²) in [4.78, 5) is 10.9. The molecule has 3 nitrogen and oxygen atoms in total. The normalized spacial score (nSPS) is 27.2. The van der Waals surface area contributed by atoms with Gasteiger partial charge in [0.05, 0.1) is 5.56 Å². The van der Waals surface area contributed by atoms with E-state index in [1.54, 1.807) is 0 Å². The van der Waals surface area contributed by atoms with E-state index in [9.17, 15) is 9.18 Å². The molecule has 2 bridgehead atoms. The number of fused-ring (bicyclic) bond motifs is 2. The lowest BCUT2D eigenvalue weighted by Crippen LogP contribution is -2.45. The lowest BCUT2D eigenvalue weighted by atomic mass is 9.53. The number of hydrogen-bond acceptors (Lipinski definition) is 2. The van der Waals surface area contributed by atoms with Crippen LogP contribution in [0.2, 0.25) is 0 Å². The molecule has 2 fully saturated rings. The molecule has 2 aromatic rings. The first-order valence-corrected chi connectivity index (χ1v) is 9.79. The summed E-state index contributed by atoms with van der Waals surface area (Å²) >= 11 is 0. The Morgan fingerprint density at radius 3 is 2.15 bits per heavy atom. The Morgan fingerprint density at radius 1 is 1.04 bits per heavy atom. The summed E-state index contributed by atoms with van der Waals surface area (Å²) in [6.45, 7) is 2.42. The van der Waals surface area contributed by atoms with Crippen molar-refractivity contribution in [2.24, 2.45) is 11.8 Å². The number of ether oxygens (including phenoxy) is 1. The van der Waals surface area contributed by atoms with Crippen LogP contribution in [0, 0.1) is 17.7 Å². The molecule has 2 aromatic carbocycles. The number of halogens is 1. The number of hydrogen-bond donors (Lipinski definition) is 1. The number of rotatable bonds is 4. The lowest BCUT2D eigenvalue weighted by Gasteiger charge is -2.52. The molecule has 2 aliphatic rings. The third-order valence-electron chi connectivity index (χ3n) is 6.79. The molecule has 0 heterocycles. The van der Waals surface area contributed by atoms with Gasteiger partial charge in [0.2, 0.25) is 0 Å². The average molecular weight is 368 g/mol. The van der Waals surface area contributed by atoms with Crippen molar-refractivity contribution >= 4 is 5.97 Å². The highest BCUT2D eigenvalue weighted by atomic mass is 19.1. The summed E-state index contributed by atoms with van der Waals surface area (Å²) < 4.78 is 19.7. The van der Waals surface area contributed by atoms with Crippen molar-refractivity contribution in [2.75, 3.05) is 0 Å². The molecule has 0 saturated heterocycles. The maximum absolute atomic E-state index is 14.1. The van der Waals surface area contributed by atoms with Crippen LogP contribution in [-0.4, -0.2) is 11.1 Å². The molecule has 142 valence electrons. The van der Waals surface area contributed by atoms with Crippen molar-refractivity contribution in [3.63, 3.8) is 0 Å². The van der Waals surface area contributed by atoms with Crippen molar-refractivity contribution in [2.45, 2.75) is 50.9 Å². The first-order chi connectivity index (χ1) is 13.0. The number of carboxylic acids is 1. The van der Waals surface area contributed by atoms with Crippen LogP contribution < -0.4 is 4.74 Å². The third-order valence-corrected chi connectivity index (χ3v) is 6.79. The molecule has 0 spiro atoms. The molecule has 0 amide bonds. The molecule has 0 aromatic heterocycles. The molecule has 0 unspecified atom stereocenters. The summed E-state index contributed by atoms with van der Waals surface area (Å²) in [5.74, 6) is 0.262. The zero-order valence-electron chi connectivity index (χ0n) is 15.6. The average Bonchev–Trinajstić information content (AvgIpc) is 2.63. The van der Waals surface area contributed by atoms with E-state index in [0.717, 1.165) is 17.9 Å². The van der Waals surface area contributed by atoms with Gasteiger partial charge >= 0.3 is 5.97 Å². The van der Waals surface area contributed by atoms with Gasteiger partial charge in [-0.15, -0.1) is 0 Å². The van der Waals surface area contributed by atoms with Crippen LogP contribution in [0.3, 0.4) is 0 Å². The molecule has 0 radical (unpaired) electrons. The van der Waals surface area contributed by atoms with E-state index in [2.05, 4.69) is 19.1 Å². The highest BCUT2D eigenvalue weighted by molar-refractivity contribution is 5.87. The van der Waals surface area contributed by atoms with Crippen LogP contribution in [0.4, 0.5) is 4.39 Å². The molecule has 2 aliphatic carbocycles. The Labute approximate surface area is 159 Å². The van der Waals surface area contributed by atoms with Crippen molar-refractivity contribution in [3.05, 3.63) is 59.4 Å². The van der Waals surface area contributed by atoms with E-state index in [-0.39, 0.29) is 16.7 Å². The predicted molar refractivity (Wildman–Crippen MR) is 102 cm³/mol. The van der Waals surface area contributed by atoms with Gasteiger partial charge in [0.1, 0.15) is 5.75 Å².